The van der Waals surface area contributed by atoms with Crippen LogP contribution in [0.2, 0.25) is 0 Å². The van der Waals surface area contributed by atoms with Gasteiger partial charge in [0, 0.05) is 18.8 Å². The molecule has 1 saturated heterocycles. The molecule has 1 aromatic heterocycles. The maximum absolute atomic E-state index is 12.8. The van der Waals surface area contributed by atoms with Gasteiger partial charge in [0.25, 0.3) is 11.5 Å². The third-order valence-electron chi connectivity index (χ3n) is 4.75. The molecular weight excluding hydrogens is 348 g/mol. The number of methoxy groups -OCH3 is 1. The van der Waals surface area contributed by atoms with Crippen molar-refractivity contribution in [1.29, 1.82) is 0 Å². The molecule has 1 amide bonds. The number of piperidine rings is 1. The number of H-pyrrole nitrogens is 1. The van der Waals surface area contributed by atoms with Crippen LogP contribution in [0.1, 0.15) is 23.2 Å². The Morgan fingerprint density at radius 1 is 1.27 bits per heavy atom. The molecule has 1 aliphatic heterocycles. The molecule has 1 aliphatic rings. The highest BCUT2D eigenvalue weighted by Crippen LogP contribution is 2.22. The first-order valence-corrected chi connectivity index (χ1v) is 10.2. The third kappa shape index (κ3) is 4.12. The third-order valence-corrected chi connectivity index (χ3v) is 5.55. The van der Waals surface area contributed by atoms with Crippen LogP contribution in [0, 0.1) is 5.92 Å². The summed E-state index contributed by atoms with van der Waals surface area (Å²) < 4.78 is 5.15. The first kappa shape index (κ1) is 18.6. The van der Waals surface area contributed by atoms with Crippen molar-refractivity contribution < 1.29 is 9.53 Å². The Hall–Kier alpha value is -2.21. The minimum Gasteiger partial charge on any atom is -0.497 e. The molecule has 0 unspecified atom stereocenters. The van der Waals surface area contributed by atoms with Crippen molar-refractivity contribution in [2.24, 2.45) is 5.92 Å². The second kappa shape index (κ2) is 8.45. The van der Waals surface area contributed by atoms with Gasteiger partial charge < -0.3 is 14.6 Å². The average Bonchev–Trinajstić information content (AvgIpc) is 2.68. The first-order chi connectivity index (χ1) is 12.6. The van der Waals surface area contributed by atoms with Gasteiger partial charge in [0.15, 0.2) is 0 Å². The number of thioether (sulfide) groups is 1. The number of ether oxygens (including phenoxy) is 1. The van der Waals surface area contributed by atoms with E-state index in [1.807, 2.05) is 40.9 Å². The number of likely N-dealkylation sites (tertiary alicyclic amines) is 1. The fourth-order valence-corrected chi connectivity index (χ4v) is 4.12. The lowest BCUT2D eigenvalue weighted by atomic mass is 9.99. The van der Waals surface area contributed by atoms with Crippen molar-refractivity contribution >= 4 is 17.7 Å². The number of benzene rings is 1. The molecule has 0 aliphatic carbocycles. The van der Waals surface area contributed by atoms with Crippen molar-refractivity contribution in [2.75, 3.05) is 32.2 Å². The van der Waals surface area contributed by atoms with E-state index in [0.717, 1.165) is 43.0 Å². The fourth-order valence-electron chi connectivity index (χ4n) is 3.37. The van der Waals surface area contributed by atoms with E-state index in [2.05, 4.69) is 11.2 Å². The number of rotatable bonds is 5. The van der Waals surface area contributed by atoms with E-state index in [1.54, 1.807) is 19.2 Å². The summed E-state index contributed by atoms with van der Waals surface area (Å²) in [5.74, 6) is 2.16. The summed E-state index contributed by atoms with van der Waals surface area (Å²) in [7, 11) is 1.61. The standard InChI is InChI=1S/C20H24N2O3S/c1-25-16-7-5-15(6-8-16)18-10-9-17(19(23)21-18)20(24)22-11-3-4-14(12-22)13-26-2/h5-10,14H,3-4,11-13H2,1-2H3,(H,21,23)/t14-/m0/s1. The van der Waals surface area contributed by atoms with E-state index in [-0.39, 0.29) is 17.0 Å². The Morgan fingerprint density at radius 3 is 2.69 bits per heavy atom. The second-order valence-electron chi connectivity index (χ2n) is 6.56. The molecule has 2 aromatic rings. The van der Waals surface area contributed by atoms with Gasteiger partial charge in [-0.2, -0.15) is 11.8 Å². The summed E-state index contributed by atoms with van der Waals surface area (Å²) in [5.41, 5.74) is 1.44. The van der Waals surface area contributed by atoms with Crippen LogP contribution in [0.5, 0.6) is 5.75 Å². The number of aromatic nitrogens is 1. The van der Waals surface area contributed by atoms with Crippen molar-refractivity contribution in [3.05, 3.63) is 52.3 Å². The van der Waals surface area contributed by atoms with Crippen molar-refractivity contribution in [2.45, 2.75) is 12.8 Å². The number of carbonyl (C=O) groups excluding carboxylic acids is 1. The number of carbonyl (C=O) groups is 1. The molecule has 0 radical (unpaired) electrons. The molecular formula is C20H24N2O3S. The summed E-state index contributed by atoms with van der Waals surface area (Å²) in [5, 5.41) is 0. The molecule has 138 valence electrons. The number of nitrogens with zero attached hydrogens (tertiary/aromatic N) is 1. The van der Waals surface area contributed by atoms with E-state index in [0.29, 0.717) is 11.6 Å². The predicted molar refractivity (Wildman–Crippen MR) is 106 cm³/mol. The summed E-state index contributed by atoms with van der Waals surface area (Å²) >= 11 is 1.81. The SMILES string of the molecule is COc1ccc(-c2ccc(C(=O)N3CCC[C@H](CSC)C3)c(=O)[nH]2)cc1. The Labute approximate surface area is 157 Å². The summed E-state index contributed by atoms with van der Waals surface area (Å²) in [4.78, 5) is 29.9. The quantitative estimate of drug-likeness (QED) is 0.875. The van der Waals surface area contributed by atoms with Gasteiger partial charge in [0.2, 0.25) is 0 Å². The maximum atomic E-state index is 12.8. The zero-order chi connectivity index (χ0) is 18.5. The maximum Gasteiger partial charge on any atom is 0.261 e. The van der Waals surface area contributed by atoms with Crippen LogP contribution in [0.25, 0.3) is 11.3 Å². The van der Waals surface area contributed by atoms with Crippen LogP contribution in [-0.2, 0) is 0 Å². The molecule has 26 heavy (non-hydrogen) atoms. The number of amides is 1. The predicted octanol–water partition coefficient (Wildman–Crippen LogP) is 3.27. The van der Waals surface area contributed by atoms with E-state index in [4.69, 9.17) is 4.74 Å². The van der Waals surface area contributed by atoms with Crippen molar-refractivity contribution in [1.82, 2.24) is 9.88 Å². The van der Waals surface area contributed by atoms with Crippen LogP contribution in [0.4, 0.5) is 0 Å². The van der Waals surface area contributed by atoms with E-state index >= 15 is 0 Å². The van der Waals surface area contributed by atoms with Gasteiger partial charge in [-0.15, -0.1) is 0 Å². The lowest BCUT2D eigenvalue weighted by Gasteiger charge is -2.32. The van der Waals surface area contributed by atoms with E-state index in [9.17, 15) is 9.59 Å². The molecule has 0 saturated carbocycles. The highest BCUT2D eigenvalue weighted by atomic mass is 32.2. The van der Waals surface area contributed by atoms with Crippen LogP contribution >= 0.6 is 11.8 Å². The Bertz CT molecular complexity index is 815. The fraction of sp³-hybridized carbons (Fsp3) is 0.400. The largest absolute Gasteiger partial charge is 0.497 e. The van der Waals surface area contributed by atoms with Gasteiger partial charge in [0.05, 0.1) is 7.11 Å². The summed E-state index contributed by atoms with van der Waals surface area (Å²) in [6, 6.07) is 10.9. The molecule has 5 nitrogen and oxygen atoms in total. The molecule has 1 atom stereocenters. The van der Waals surface area contributed by atoms with E-state index in [1.165, 1.54) is 0 Å². The molecule has 1 aromatic carbocycles. The smallest absolute Gasteiger partial charge is 0.261 e. The lowest BCUT2D eigenvalue weighted by Crippen LogP contribution is -2.42. The van der Waals surface area contributed by atoms with Crippen molar-refractivity contribution in [3.63, 3.8) is 0 Å². The highest BCUT2D eigenvalue weighted by molar-refractivity contribution is 7.98. The van der Waals surface area contributed by atoms with Gasteiger partial charge in [-0.05, 0) is 72.7 Å². The number of aromatic amines is 1. The molecule has 0 bridgehead atoms. The summed E-state index contributed by atoms with van der Waals surface area (Å²) in [6.07, 6.45) is 4.24. The average molecular weight is 372 g/mol. The summed E-state index contributed by atoms with van der Waals surface area (Å²) in [6.45, 7) is 1.46. The van der Waals surface area contributed by atoms with Gasteiger partial charge in [-0.1, -0.05) is 0 Å². The topological polar surface area (TPSA) is 62.4 Å². The lowest BCUT2D eigenvalue weighted by molar-refractivity contribution is 0.0683. The molecule has 0 spiro atoms. The number of hydrogen-bond donors (Lipinski definition) is 1. The minimum absolute atomic E-state index is 0.168. The van der Waals surface area contributed by atoms with Gasteiger partial charge in [0.1, 0.15) is 11.3 Å². The minimum atomic E-state index is -0.338. The van der Waals surface area contributed by atoms with Crippen LogP contribution in [-0.4, -0.2) is 48.0 Å². The zero-order valence-electron chi connectivity index (χ0n) is 15.2. The highest BCUT2D eigenvalue weighted by Gasteiger charge is 2.25. The molecule has 1 fully saturated rings. The zero-order valence-corrected chi connectivity index (χ0v) is 16.0. The first-order valence-electron chi connectivity index (χ1n) is 8.78. The second-order valence-corrected chi connectivity index (χ2v) is 7.47. The van der Waals surface area contributed by atoms with E-state index < -0.39 is 0 Å². The molecule has 6 heteroatoms. The monoisotopic (exact) mass is 372 g/mol. The Kier molecular flexibility index (Phi) is 6.04. The van der Waals surface area contributed by atoms with Crippen LogP contribution in [0.3, 0.4) is 0 Å². The number of nitrogens with one attached hydrogen (secondary N) is 1. The van der Waals surface area contributed by atoms with Crippen LogP contribution in [0.15, 0.2) is 41.2 Å². The van der Waals surface area contributed by atoms with Crippen molar-refractivity contribution in [3.8, 4) is 17.0 Å². The Morgan fingerprint density at radius 2 is 2.04 bits per heavy atom. The molecule has 1 N–H and O–H groups in total. The van der Waals surface area contributed by atoms with Gasteiger partial charge in [-0.3, -0.25) is 9.59 Å². The molecule has 2 heterocycles. The van der Waals surface area contributed by atoms with Gasteiger partial charge >= 0.3 is 0 Å². The van der Waals surface area contributed by atoms with Gasteiger partial charge in [-0.25, -0.2) is 0 Å². The van der Waals surface area contributed by atoms with Crippen LogP contribution < -0.4 is 10.3 Å². The normalized spacial score (nSPS) is 17.2. The Balaban J connectivity index is 1.78. The molecule has 3 rings (SSSR count). The number of pyridine rings is 1. The number of hydrogen-bond acceptors (Lipinski definition) is 4.